The Morgan fingerprint density at radius 2 is 1.67 bits per heavy atom. The molecular formula is C23H16N2O4S. The first kappa shape index (κ1) is 18.3. The topological polar surface area (TPSA) is 88.5 Å². The van der Waals surface area contributed by atoms with E-state index in [2.05, 4.69) is 34.6 Å². The van der Waals surface area contributed by atoms with Crippen molar-refractivity contribution in [2.45, 2.75) is 5.92 Å². The SMILES string of the molecule is O=C(Nc1ccc2nc(C(=O)O)sc2c1)OCC1c2ccccc2-c2ccccc21. The molecule has 0 saturated heterocycles. The van der Waals surface area contributed by atoms with Crippen LogP contribution in [-0.4, -0.2) is 28.8 Å². The summed E-state index contributed by atoms with van der Waals surface area (Å²) in [6.45, 7) is 0.228. The second-order valence-corrected chi connectivity index (χ2v) is 7.99. The standard InChI is InChI=1S/C23H16N2O4S/c26-22(27)21-25-19-10-9-13(11-20(19)30-21)24-23(28)29-12-18-16-7-3-1-5-14(16)15-6-2-4-8-17(15)18/h1-11,18H,12H2,(H,24,28)(H,26,27). The molecule has 30 heavy (non-hydrogen) atoms. The molecule has 0 bridgehead atoms. The quantitative estimate of drug-likeness (QED) is 0.468. The van der Waals surface area contributed by atoms with Crippen LogP contribution in [0, 0.1) is 0 Å². The maximum atomic E-state index is 12.4. The Morgan fingerprint density at radius 3 is 2.33 bits per heavy atom. The lowest BCUT2D eigenvalue weighted by molar-refractivity contribution is 0.0696. The maximum Gasteiger partial charge on any atom is 0.411 e. The number of anilines is 1. The van der Waals surface area contributed by atoms with Gasteiger partial charge in [-0.3, -0.25) is 5.32 Å². The van der Waals surface area contributed by atoms with E-state index in [1.807, 2.05) is 24.3 Å². The first-order valence-corrected chi connectivity index (χ1v) is 10.2. The van der Waals surface area contributed by atoms with E-state index in [-0.39, 0.29) is 17.5 Å². The zero-order chi connectivity index (χ0) is 20.7. The number of hydrogen-bond donors (Lipinski definition) is 2. The van der Waals surface area contributed by atoms with E-state index >= 15 is 0 Å². The van der Waals surface area contributed by atoms with Gasteiger partial charge in [-0.1, -0.05) is 48.5 Å². The predicted molar refractivity (Wildman–Crippen MR) is 115 cm³/mol. The highest BCUT2D eigenvalue weighted by atomic mass is 32.1. The van der Waals surface area contributed by atoms with Gasteiger partial charge in [0.25, 0.3) is 0 Å². The summed E-state index contributed by atoms with van der Waals surface area (Å²) >= 11 is 1.06. The number of carboxylic acids is 1. The highest BCUT2D eigenvalue weighted by Crippen LogP contribution is 2.44. The fourth-order valence-electron chi connectivity index (χ4n) is 3.85. The monoisotopic (exact) mass is 416 g/mol. The summed E-state index contributed by atoms with van der Waals surface area (Å²) in [6, 6.07) is 21.4. The number of fused-ring (bicyclic) bond motifs is 4. The summed E-state index contributed by atoms with van der Waals surface area (Å²) in [5.41, 5.74) is 5.76. The smallest absolute Gasteiger partial charge is 0.411 e. The van der Waals surface area contributed by atoms with Crippen molar-refractivity contribution < 1.29 is 19.4 Å². The van der Waals surface area contributed by atoms with Gasteiger partial charge in [0.05, 0.1) is 10.2 Å². The van der Waals surface area contributed by atoms with Crippen molar-refractivity contribution in [3.8, 4) is 11.1 Å². The molecule has 148 valence electrons. The maximum absolute atomic E-state index is 12.4. The van der Waals surface area contributed by atoms with Crippen LogP contribution in [0.25, 0.3) is 21.3 Å². The van der Waals surface area contributed by atoms with Crippen molar-refractivity contribution in [1.29, 1.82) is 0 Å². The fourth-order valence-corrected chi connectivity index (χ4v) is 4.69. The van der Waals surface area contributed by atoms with E-state index in [1.165, 1.54) is 11.1 Å². The molecule has 0 aliphatic heterocycles. The molecule has 5 rings (SSSR count). The molecule has 4 aromatic rings. The number of benzene rings is 3. The van der Waals surface area contributed by atoms with E-state index in [9.17, 15) is 9.59 Å². The van der Waals surface area contributed by atoms with Gasteiger partial charge >= 0.3 is 12.1 Å². The van der Waals surface area contributed by atoms with E-state index in [0.717, 1.165) is 22.5 Å². The van der Waals surface area contributed by atoms with Crippen molar-refractivity contribution in [3.05, 3.63) is 82.9 Å². The lowest BCUT2D eigenvalue weighted by Crippen LogP contribution is -2.17. The Kier molecular flexibility index (Phi) is 4.44. The van der Waals surface area contributed by atoms with Crippen LogP contribution in [0.1, 0.15) is 26.8 Å². The number of hydrogen-bond acceptors (Lipinski definition) is 5. The number of carbonyl (C=O) groups is 2. The molecule has 1 aliphatic carbocycles. The summed E-state index contributed by atoms with van der Waals surface area (Å²) in [6.07, 6.45) is -0.556. The molecule has 1 heterocycles. The second kappa shape index (κ2) is 7.27. The molecule has 3 aromatic carbocycles. The van der Waals surface area contributed by atoms with Crippen molar-refractivity contribution >= 4 is 39.3 Å². The average molecular weight is 416 g/mol. The molecule has 1 aromatic heterocycles. The van der Waals surface area contributed by atoms with Crippen LogP contribution in [-0.2, 0) is 4.74 Å². The van der Waals surface area contributed by atoms with Gasteiger partial charge < -0.3 is 9.84 Å². The van der Waals surface area contributed by atoms with Crippen molar-refractivity contribution in [2.24, 2.45) is 0 Å². The van der Waals surface area contributed by atoms with Gasteiger partial charge in [-0.25, -0.2) is 14.6 Å². The summed E-state index contributed by atoms with van der Waals surface area (Å²) in [5, 5.41) is 11.8. The third kappa shape index (κ3) is 3.19. The molecule has 1 aliphatic rings. The minimum atomic E-state index is -1.07. The van der Waals surface area contributed by atoms with Crippen molar-refractivity contribution in [3.63, 3.8) is 0 Å². The average Bonchev–Trinajstić information content (AvgIpc) is 3.31. The summed E-state index contributed by atoms with van der Waals surface area (Å²) < 4.78 is 6.23. The van der Waals surface area contributed by atoms with Crippen LogP contribution in [0.4, 0.5) is 10.5 Å². The number of aromatic carboxylic acids is 1. The van der Waals surface area contributed by atoms with Crippen LogP contribution in [0.3, 0.4) is 0 Å². The minimum absolute atomic E-state index is 0.00903. The predicted octanol–water partition coefficient (Wildman–Crippen LogP) is 5.36. The lowest BCUT2D eigenvalue weighted by atomic mass is 9.98. The Labute approximate surface area is 175 Å². The number of carbonyl (C=O) groups excluding carboxylic acids is 1. The van der Waals surface area contributed by atoms with Gasteiger partial charge in [0.15, 0.2) is 0 Å². The molecular weight excluding hydrogens is 400 g/mol. The van der Waals surface area contributed by atoms with Gasteiger partial charge in [0, 0.05) is 11.6 Å². The Balaban J connectivity index is 1.31. The molecule has 1 amide bonds. The first-order valence-electron chi connectivity index (χ1n) is 9.36. The largest absolute Gasteiger partial charge is 0.476 e. The van der Waals surface area contributed by atoms with Gasteiger partial charge in [-0.2, -0.15) is 0 Å². The van der Waals surface area contributed by atoms with Crippen LogP contribution in [0.15, 0.2) is 66.7 Å². The molecule has 7 heteroatoms. The van der Waals surface area contributed by atoms with Gasteiger partial charge in [-0.15, -0.1) is 11.3 Å². The third-order valence-electron chi connectivity index (χ3n) is 5.16. The molecule has 0 spiro atoms. The number of nitrogens with one attached hydrogen (secondary N) is 1. The Bertz CT molecular complexity index is 1250. The number of amides is 1. The number of carboxylic acid groups (broad SMARTS) is 1. The highest BCUT2D eigenvalue weighted by Gasteiger charge is 2.29. The molecule has 0 saturated carbocycles. The zero-order valence-electron chi connectivity index (χ0n) is 15.7. The summed E-state index contributed by atoms with van der Waals surface area (Å²) in [7, 11) is 0. The van der Waals surface area contributed by atoms with Crippen LogP contribution >= 0.6 is 11.3 Å². The lowest BCUT2D eigenvalue weighted by Gasteiger charge is -2.14. The number of ether oxygens (including phenoxy) is 1. The van der Waals surface area contributed by atoms with E-state index < -0.39 is 12.1 Å². The van der Waals surface area contributed by atoms with Crippen molar-refractivity contribution in [2.75, 3.05) is 11.9 Å². The van der Waals surface area contributed by atoms with E-state index in [1.54, 1.807) is 18.2 Å². The van der Waals surface area contributed by atoms with Gasteiger partial charge in [-0.05, 0) is 40.5 Å². The fraction of sp³-hybridized carbons (Fsp3) is 0.0870. The molecule has 0 fully saturated rings. The second-order valence-electron chi connectivity index (χ2n) is 6.96. The molecule has 2 N–H and O–H groups in total. The van der Waals surface area contributed by atoms with E-state index in [4.69, 9.17) is 9.84 Å². The van der Waals surface area contributed by atoms with E-state index in [0.29, 0.717) is 15.9 Å². The van der Waals surface area contributed by atoms with Gasteiger partial charge in [0.1, 0.15) is 6.61 Å². The van der Waals surface area contributed by atoms with Crippen LogP contribution < -0.4 is 5.32 Å². The Hall–Kier alpha value is -3.71. The highest BCUT2D eigenvalue weighted by molar-refractivity contribution is 7.20. The molecule has 0 atom stereocenters. The third-order valence-corrected chi connectivity index (χ3v) is 6.17. The molecule has 6 nitrogen and oxygen atoms in total. The number of aromatic nitrogens is 1. The number of nitrogens with zero attached hydrogens (tertiary/aromatic N) is 1. The summed E-state index contributed by atoms with van der Waals surface area (Å²) in [4.78, 5) is 27.5. The first-order chi connectivity index (χ1) is 14.6. The number of thiazole rings is 1. The normalized spacial score (nSPS) is 12.4. The summed E-state index contributed by atoms with van der Waals surface area (Å²) in [5.74, 6) is -1.08. The van der Waals surface area contributed by atoms with Crippen LogP contribution in [0.5, 0.6) is 0 Å². The van der Waals surface area contributed by atoms with Gasteiger partial charge in [0.2, 0.25) is 5.01 Å². The van der Waals surface area contributed by atoms with Crippen LogP contribution in [0.2, 0.25) is 0 Å². The molecule has 0 unspecified atom stereocenters. The number of rotatable bonds is 4. The van der Waals surface area contributed by atoms with Crippen molar-refractivity contribution in [1.82, 2.24) is 4.98 Å². The Morgan fingerprint density at radius 1 is 1.00 bits per heavy atom. The zero-order valence-corrected chi connectivity index (χ0v) is 16.5. The minimum Gasteiger partial charge on any atom is -0.476 e. The molecule has 0 radical (unpaired) electrons.